The van der Waals surface area contributed by atoms with E-state index >= 15 is 0 Å². The molecule has 2 aromatic carbocycles. The molecule has 1 fully saturated rings. The van der Waals surface area contributed by atoms with Crippen LogP contribution in [-0.4, -0.2) is 37.5 Å². The molecule has 5 heteroatoms. The van der Waals surface area contributed by atoms with E-state index in [4.69, 9.17) is 4.74 Å². The number of amides is 1. The number of piperidine rings is 1. The SMILES string of the molecule is CNCC1CCN(C(=O)c2cccc(OCc3ccccc3)c2)CC1.Cl. The van der Waals surface area contributed by atoms with Crippen molar-refractivity contribution < 1.29 is 9.53 Å². The molecule has 0 spiro atoms. The number of rotatable bonds is 6. The number of benzene rings is 2. The zero-order chi connectivity index (χ0) is 17.5. The van der Waals surface area contributed by atoms with Gasteiger partial charge in [-0.2, -0.15) is 0 Å². The Kier molecular flexibility index (Phi) is 7.95. The molecule has 3 rings (SSSR count). The molecule has 140 valence electrons. The zero-order valence-electron chi connectivity index (χ0n) is 15.2. The van der Waals surface area contributed by atoms with Crippen LogP contribution in [0.5, 0.6) is 5.75 Å². The predicted molar refractivity (Wildman–Crippen MR) is 107 cm³/mol. The van der Waals surface area contributed by atoms with Crippen LogP contribution in [-0.2, 0) is 6.61 Å². The van der Waals surface area contributed by atoms with E-state index in [1.54, 1.807) is 0 Å². The maximum atomic E-state index is 12.7. The van der Waals surface area contributed by atoms with E-state index in [9.17, 15) is 4.79 Å². The second-order valence-electron chi connectivity index (χ2n) is 6.60. The highest BCUT2D eigenvalue weighted by molar-refractivity contribution is 5.94. The van der Waals surface area contributed by atoms with Gasteiger partial charge in [-0.05, 0) is 56.1 Å². The molecular formula is C21H27ClN2O2. The number of ether oxygens (including phenoxy) is 1. The van der Waals surface area contributed by atoms with E-state index in [1.165, 1.54) is 0 Å². The van der Waals surface area contributed by atoms with Crippen molar-refractivity contribution in [3.05, 3.63) is 65.7 Å². The Labute approximate surface area is 162 Å². The number of nitrogens with one attached hydrogen (secondary N) is 1. The van der Waals surface area contributed by atoms with Crippen LogP contribution in [0.2, 0.25) is 0 Å². The average molecular weight is 375 g/mol. The summed E-state index contributed by atoms with van der Waals surface area (Å²) in [5.74, 6) is 1.52. The Morgan fingerprint density at radius 2 is 1.85 bits per heavy atom. The van der Waals surface area contributed by atoms with Crippen LogP contribution in [0.25, 0.3) is 0 Å². The highest BCUT2D eigenvalue weighted by Gasteiger charge is 2.23. The number of hydrogen-bond acceptors (Lipinski definition) is 3. The minimum Gasteiger partial charge on any atom is -0.489 e. The highest BCUT2D eigenvalue weighted by Crippen LogP contribution is 2.21. The Hall–Kier alpha value is -2.04. The first-order chi connectivity index (χ1) is 12.3. The first kappa shape index (κ1) is 20.3. The summed E-state index contributed by atoms with van der Waals surface area (Å²) in [7, 11) is 1.98. The van der Waals surface area contributed by atoms with Crippen LogP contribution in [0.15, 0.2) is 54.6 Å². The van der Waals surface area contributed by atoms with E-state index in [0.29, 0.717) is 18.1 Å². The summed E-state index contributed by atoms with van der Waals surface area (Å²) in [5, 5.41) is 3.23. The lowest BCUT2D eigenvalue weighted by Gasteiger charge is -2.32. The fraction of sp³-hybridized carbons (Fsp3) is 0.381. The van der Waals surface area contributed by atoms with Crippen molar-refractivity contribution in [2.45, 2.75) is 19.4 Å². The normalized spacial score (nSPS) is 14.6. The molecule has 1 aliphatic rings. The Bertz CT molecular complexity index is 685. The van der Waals surface area contributed by atoms with Gasteiger partial charge in [-0.15, -0.1) is 12.4 Å². The van der Waals surface area contributed by atoms with Gasteiger partial charge in [0.05, 0.1) is 0 Å². The van der Waals surface area contributed by atoms with E-state index in [-0.39, 0.29) is 18.3 Å². The fourth-order valence-electron chi connectivity index (χ4n) is 3.27. The summed E-state index contributed by atoms with van der Waals surface area (Å²) < 4.78 is 5.84. The maximum Gasteiger partial charge on any atom is 0.253 e. The van der Waals surface area contributed by atoms with Crippen molar-refractivity contribution in [3.8, 4) is 5.75 Å². The van der Waals surface area contributed by atoms with Gasteiger partial charge in [-0.1, -0.05) is 36.4 Å². The van der Waals surface area contributed by atoms with E-state index < -0.39 is 0 Å². The van der Waals surface area contributed by atoms with Crippen LogP contribution < -0.4 is 10.1 Å². The van der Waals surface area contributed by atoms with Crippen molar-refractivity contribution >= 4 is 18.3 Å². The van der Waals surface area contributed by atoms with Gasteiger partial charge in [-0.25, -0.2) is 0 Å². The summed E-state index contributed by atoms with van der Waals surface area (Å²) in [4.78, 5) is 14.7. The molecule has 1 heterocycles. The third-order valence-electron chi connectivity index (χ3n) is 4.72. The Morgan fingerprint density at radius 1 is 1.12 bits per heavy atom. The fourth-order valence-corrected chi connectivity index (χ4v) is 3.27. The minimum absolute atomic E-state index is 0. The van der Waals surface area contributed by atoms with Gasteiger partial charge >= 0.3 is 0 Å². The van der Waals surface area contributed by atoms with Crippen LogP contribution in [0.1, 0.15) is 28.8 Å². The molecule has 0 radical (unpaired) electrons. The Morgan fingerprint density at radius 3 is 2.54 bits per heavy atom. The lowest BCUT2D eigenvalue weighted by molar-refractivity contribution is 0.0690. The minimum atomic E-state index is 0. The lowest BCUT2D eigenvalue weighted by Crippen LogP contribution is -2.40. The molecule has 2 aromatic rings. The van der Waals surface area contributed by atoms with Crippen molar-refractivity contribution in [1.82, 2.24) is 10.2 Å². The van der Waals surface area contributed by atoms with Gasteiger partial charge in [0, 0.05) is 18.7 Å². The summed E-state index contributed by atoms with van der Waals surface area (Å²) in [5.41, 5.74) is 1.82. The largest absolute Gasteiger partial charge is 0.489 e. The monoisotopic (exact) mass is 374 g/mol. The van der Waals surface area contributed by atoms with Gasteiger partial charge in [0.1, 0.15) is 12.4 Å². The standard InChI is InChI=1S/C21H26N2O2.ClH/c1-22-15-17-10-12-23(13-11-17)21(24)19-8-5-9-20(14-19)25-16-18-6-3-2-4-7-18;/h2-9,14,17,22H,10-13,15-16H2,1H3;1H. The second kappa shape index (κ2) is 10.2. The van der Waals surface area contributed by atoms with Crippen molar-refractivity contribution in [1.29, 1.82) is 0 Å². The third-order valence-corrected chi connectivity index (χ3v) is 4.72. The Balaban J connectivity index is 0.00000243. The van der Waals surface area contributed by atoms with Crippen LogP contribution >= 0.6 is 12.4 Å². The van der Waals surface area contributed by atoms with Crippen LogP contribution in [0, 0.1) is 5.92 Å². The lowest BCUT2D eigenvalue weighted by atomic mass is 9.96. The van der Waals surface area contributed by atoms with Crippen molar-refractivity contribution in [3.63, 3.8) is 0 Å². The molecule has 1 saturated heterocycles. The quantitative estimate of drug-likeness (QED) is 0.837. The van der Waals surface area contributed by atoms with Gasteiger partial charge < -0.3 is 15.0 Å². The topological polar surface area (TPSA) is 41.6 Å². The number of carbonyl (C=O) groups is 1. The molecule has 4 nitrogen and oxygen atoms in total. The first-order valence-corrected chi connectivity index (χ1v) is 8.97. The molecule has 1 aliphatic heterocycles. The zero-order valence-corrected chi connectivity index (χ0v) is 16.0. The maximum absolute atomic E-state index is 12.7. The van der Waals surface area contributed by atoms with Crippen molar-refractivity contribution in [2.24, 2.45) is 5.92 Å². The number of likely N-dealkylation sites (tertiary alicyclic amines) is 1. The summed E-state index contributed by atoms with van der Waals surface area (Å²) in [6.45, 7) is 3.21. The van der Waals surface area contributed by atoms with Gasteiger partial charge in [0.25, 0.3) is 5.91 Å². The molecule has 0 atom stereocenters. The number of carbonyl (C=O) groups excluding carboxylic acids is 1. The average Bonchev–Trinajstić information content (AvgIpc) is 2.68. The summed E-state index contributed by atoms with van der Waals surface area (Å²) >= 11 is 0. The molecule has 0 bridgehead atoms. The predicted octanol–water partition coefficient (Wildman–Crippen LogP) is 3.76. The molecule has 26 heavy (non-hydrogen) atoms. The summed E-state index contributed by atoms with van der Waals surface area (Å²) in [6.07, 6.45) is 2.13. The molecule has 0 aliphatic carbocycles. The molecular weight excluding hydrogens is 348 g/mol. The number of halogens is 1. The molecule has 1 amide bonds. The molecule has 0 aromatic heterocycles. The molecule has 1 N–H and O–H groups in total. The second-order valence-corrected chi connectivity index (χ2v) is 6.60. The smallest absolute Gasteiger partial charge is 0.253 e. The third kappa shape index (κ3) is 5.48. The molecule has 0 unspecified atom stereocenters. The summed E-state index contributed by atoms with van der Waals surface area (Å²) in [6, 6.07) is 17.6. The van der Waals surface area contributed by atoms with Crippen molar-refractivity contribution in [2.75, 3.05) is 26.7 Å². The number of nitrogens with zero attached hydrogens (tertiary/aromatic N) is 1. The highest BCUT2D eigenvalue weighted by atomic mass is 35.5. The van der Waals surface area contributed by atoms with Crippen LogP contribution in [0.4, 0.5) is 0 Å². The van der Waals surface area contributed by atoms with Gasteiger partial charge in [0.15, 0.2) is 0 Å². The van der Waals surface area contributed by atoms with E-state index in [0.717, 1.165) is 43.8 Å². The number of hydrogen-bond donors (Lipinski definition) is 1. The van der Waals surface area contributed by atoms with E-state index in [2.05, 4.69) is 5.32 Å². The van der Waals surface area contributed by atoms with Gasteiger partial charge in [-0.3, -0.25) is 4.79 Å². The first-order valence-electron chi connectivity index (χ1n) is 8.97. The van der Waals surface area contributed by atoms with Gasteiger partial charge in [0.2, 0.25) is 0 Å². The molecule has 0 saturated carbocycles. The van der Waals surface area contributed by atoms with E-state index in [1.807, 2.05) is 66.5 Å². The van der Waals surface area contributed by atoms with Crippen LogP contribution in [0.3, 0.4) is 0 Å².